The summed E-state index contributed by atoms with van der Waals surface area (Å²) in [5.41, 5.74) is 6.38. The molecule has 2 aromatic rings. The fourth-order valence-electron chi connectivity index (χ4n) is 2.44. The van der Waals surface area contributed by atoms with E-state index in [-0.39, 0.29) is 5.82 Å². The van der Waals surface area contributed by atoms with E-state index in [4.69, 9.17) is 5.73 Å². The first-order valence-electron chi connectivity index (χ1n) is 6.86. The van der Waals surface area contributed by atoms with E-state index in [2.05, 4.69) is 14.8 Å². The van der Waals surface area contributed by atoms with Crippen LogP contribution in [0.4, 0.5) is 4.39 Å². The summed E-state index contributed by atoms with van der Waals surface area (Å²) in [6.07, 6.45) is 4.52. The van der Waals surface area contributed by atoms with Gasteiger partial charge in [-0.3, -0.25) is 0 Å². The van der Waals surface area contributed by atoms with Gasteiger partial charge in [-0.05, 0) is 48.4 Å². The van der Waals surface area contributed by atoms with Gasteiger partial charge in [0.1, 0.15) is 11.6 Å². The highest BCUT2D eigenvalue weighted by atomic mass is 32.2. The largest absolute Gasteiger partial charge is 0.326 e. The average Bonchev–Trinajstić information content (AvgIpc) is 2.67. The number of benzene rings is 1. The molecule has 20 heavy (non-hydrogen) atoms. The van der Waals surface area contributed by atoms with Gasteiger partial charge in [-0.1, -0.05) is 6.42 Å². The van der Waals surface area contributed by atoms with Crippen LogP contribution in [-0.2, 0) is 19.5 Å². The van der Waals surface area contributed by atoms with Crippen molar-refractivity contribution in [2.75, 3.05) is 0 Å². The summed E-state index contributed by atoms with van der Waals surface area (Å²) < 4.78 is 15.7. The molecule has 3 rings (SSSR count). The number of hydrogen-bond donors (Lipinski definition) is 1. The Kier molecular flexibility index (Phi) is 4.03. The van der Waals surface area contributed by atoms with Crippen LogP contribution in [0, 0.1) is 5.82 Å². The van der Waals surface area contributed by atoms with E-state index in [0.29, 0.717) is 6.54 Å². The molecule has 4 nitrogen and oxygen atoms in total. The maximum atomic E-state index is 13.5. The van der Waals surface area contributed by atoms with Gasteiger partial charge in [0, 0.05) is 24.4 Å². The van der Waals surface area contributed by atoms with Crippen molar-refractivity contribution in [3.8, 4) is 0 Å². The Bertz CT molecular complexity index is 611. The predicted molar refractivity (Wildman–Crippen MR) is 76.0 cm³/mol. The second-order valence-corrected chi connectivity index (χ2v) is 6.00. The third kappa shape index (κ3) is 2.86. The summed E-state index contributed by atoms with van der Waals surface area (Å²) in [7, 11) is 0. The molecule has 0 atom stereocenters. The minimum Gasteiger partial charge on any atom is -0.326 e. The molecule has 6 heteroatoms. The number of fused-ring (bicyclic) bond motifs is 1. The van der Waals surface area contributed by atoms with Gasteiger partial charge in [0.2, 0.25) is 0 Å². The lowest BCUT2D eigenvalue weighted by atomic mass is 10.2. The Morgan fingerprint density at radius 3 is 2.95 bits per heavy atom. The first-order chi connectivity index (χ1) is 9.76. The van der Waals surface area contributed by atoms with Gasteiger partial charge in [0.25, 0.3) is 0 Å². The second kappa shape index (κ2) is 5.93. The van der Waals surface area contributed by atoms with Gasteiger partial charge in [-0.15, -0.1) is 10.2 Å². The summed E-state index contributed by atoms with van der Waals surface area (Å²) >= 11 is 1.46. The summed E-state index contributed by atoms with van der Waals surface area (Å²) in [6.45, 7) is 1.28. The standard InChI is InChI=1S/C14H17FN4S/c15-11-6-10(9-16)7-12(8-11)20-14-18-17-13-4-2-1-3-5-19(13)14/h6-8H,1-5,9,16H2. The molecule has 0 amide bonds. The van der Waals surface area contributed by atoms with Crippen LogP contribution < -0.4 is 5.73 Å². The summed E-state index contributed by atoms with van der Waals surface area (Å²) in [6, 6.07) is 4.89. The van der Waals surface area contributed by atoms with Gasteiger partial charge in [-0.25, -0.2) is 4.39 Å². The molecular formula is C14H17FN4S. The topological polar surface area (TPSA) is 56.7 Å². The SMILES string of the molecule is NCc1cc(F)cc(Sc2nnc3n2CCCCC3)c1. The fourth-order valence-corrected chi connectivity index (χ4v) is 3.42. The molecule has 0 spiro atoms. The van der Waals surface area contributed by atoms with Crippen LogP contribution in [-0.4, -0.2) is 14.8 Å². The van der Waals surface area contributed by atoms with Crippen LogP contribution in [0.3, 0.4) is 0 Å². The van der Waals surface area contributed by atoms with Crippen LogP contribution in [0.15, 0.2) is 28.3 Å². The highest BCUT2D eigenvalue weighted by Gasteiger charge is 2.15. The van der Waals surface area contributed by atoms with E-state index in [1.807, 2.05) is 6.07 Å². The van der Waals surface area contributed by atoms with Crippen LogP contribution in [0.25, 0.3) is 0 Å². The van der Waals surface area contributed by atoms with Gasteiger partial charge in [0.15, 0.2) is 5.16 Å². The molecule has 106 valence electrons. The Morgan fingerprint density at radius 1 is 1.20 bits per heavy atom. The smallest absolute Gasteiger partial charge is 0.196 e. The average molecular weight is 292 g/mol. The maximum absolute atomic E-state index is 13.5. The predicted octanol–water partition coefficient (Wildman–Crippen LogP) is 2.75. The minimum atomic E-state index is -0.258. The van der Waals surface area contributed by atoms with Crippen LogP contribution >= 0.6 is 11.8 Å². The number of nitrogens with two attached hydrogens (primary N) is 1. The lowest BCUT2D eigenvalue weighted by Gasteiger charge is -2.07. The van der Waals surface area contributed by atoms with Crippen LogP contribution in [0.1, 0.15) is 30.7 Å². The molecule has 2 heterocycles. The molecule has 1 aromatic carbocycles. The zero-order chi connectivity index (χ0) is 13.9. The minimum absolute atomic E-state index is 0.258. The zero-order valence-corrected chi connectivity index (χ0v) is 12.0. The molecule has 0 aliphatic carbocycles. The number of halogens is 1. The number of aryl methyl sites for hydroxylation is 1. The van der Waals surface area contributed by atoms with Crippen LogP contribution in [0.2, 0.25) is 0 Å². The summed E-state index contributed by atoms with van der Waals surface area (Å²) in [5.74, 6) is 0.784. The van der Waals surface area contributed by atoms with E-state index in [1.165, 1.54) is 36.7 Å². The molecule has 1 aromatic heterocycles. The number of rotatable bonds is 3. The van der Waals surface area contributed by atoms with Crippen molar-refractivity contribution in [3.05, 3.63) is 35.4 Å². The van der Waals surface area contributed by atoms with Gasteiger partial charge in [0.05, 0.1) is 0 Å². The molecule has 2 N–H and O–H groups in total. The molecule has 0 saturated heterocycles. The quantitative estimate of drug-likeness (QED) is 0.945. The lowest BCUT2D eigenvalue weighted by Crippen LogP contribution is -2.02. The van der Waals surface area contributed by atoms with Crippen LogP contribution in [0.5, 0.6) is 0 Å². The summed E-state index contributed by atoms with van der Waals surface area (Å²) in [4.78, 5) is 0.824. The van der Waals surface area contributed by atoms with Gasteiger partial charge >= 0.3 is 0 Å². The first-order valence-corrected chi connectivity index (χ1v) is 7.67. The Balaban J connectivity index is 1.88. The zero-order valence-electron chi connectivity index (χ0n) is 11.2. The van der Waals surface area contributed by atoms with Crippen molar-refractivity contribution in [2.45, 2.75) is 48.8 Å². The highest BCUT2D eigenvalue weighted by Crippen LogP contribution is 2.29. The molecular weight excluding hydrogens is 275 g/mol. The molecule has 0 saturated carbocycles. The van der Waals surface area contributed by atoms with Crippen molar-refractivity contribution in [1.29, 1.82) is 0 Å². The number of aromatic nitrogens is 3. The maximum Gasteiger partial charge on any atom is 0.196 e. The van der Waals surface area contributed by atoms with Crippen molar-refractivity contribution in [3.63, 3.8) is 0 Å². The molecule has 1 aliphatic heterocycles. The molecule has 0 unspecified atom stereocenters. The molecule has 0 bridgehead atoms. The van der Waals surface area contributed by atoms with E-state index >= 15 is 0 Å². The fraction of sp³-hybridized carbons (Fsp3) is 0.429. The molecule has 0 fully saturated rings. The van der Waals surface area contributed by atoms with Crippen molar-refractivity contribution in [2.24, 2.45) is 5.73 Å². The Hall–Kier alpha value is -1.40. The number of nitrogens with zero attached hydrogens (tertiary/aromatic N) is 3. The van der Waals surface area contributed by atoms with Crippen molar-refractivity contribution < 1.29 is 4.39 Å². The van der Waals surface area contributed by atoms with E-state index in [1.54, 1.807) is 0 Å². The third-order valence-electron chi connectivity index (χ3n) is 3.45. The van der Waals surface area contributed by atoms with Gasteiger partial charge < -0.3 is 10.3 Å². The normalized spacial score (nSPS) is 14.9. The van der Waals surface area contributed by atoms with Crippen molar-refractivity contribution in [1.82, 2.24) is 14.8 Å². The van der Waals surface area contributed by atoms with E-state index in [9.17, 15) is 4.39 Å². The number of hydrogen-bond acceptors (Lipinski definition) is 4. The first kappa shape index (κ1) is 13.6. The van der Waals surface area contributed by atoms with Gasteiger partial charge in [-0.2, -0.15) is 0 Å². The van der Waals surface area contributed by atoms with E-state index in [0.717, 1.165) is 40.8 Å². The van der Waals surface area contributed by atoms with E-state index < -0.39 is 0 Å². The highest BCUT2D eigenvalue weighted by molar-refractivity contribution is 7.99. The Labute approximate surface area is 121 Å². The van der Waals surface area contributed by atoms with Crippen molar-refractivity contribution >= 4 is 11.8 Å². The Morgan fingerprint density at radius 2 is 2.10 bits per heavy atom. The monoisotopic (exact) mass is 292 g/mol. The summed E-state index contributed by atoms with van der Waals surface area (Å²) in [5, 5.41) is 9.34. The lowest BCUT2D eigenvalue weighted by molar-refractivity contribution is 0.590. The third-order valence-corrected chi connectivity index (χ3v) is 4.41. The second-order valence-electron chi connectivity index (χ2n) is 4.96. The molecule has 0 radical (unpaired) electrons. The molecule has 1 aliphatic rings.